The van der Waals surface area contributed by atoms with E-state index in [1.807, 2.05) is 0 Å². The molecule has 2 aliphatic heterocycles. The Labute approximate surface area is 114 Å². The summed E-state index contributed by atoms with van der Waals surface area (Å²) < 4.78 is 53.5. The van der Waals surface area contributed by atoms with Crippen LogP contribution in [0.2, 0.25) is 0 Å². The number of nitrogens with one attached hydrogen (secondary N) is 1. The number of rotatable bonds is 2. The first-order valence-corrected chi connectivity index (χ1v) is 6.90. The molecule has 2 heterocycles. The Morgan fingerprint density at radius 3 is 2.40 bits per heavy atom. The molecular formula is C14H16F4N2. The average Bonchev–Trinajstić information content (AvgIpc) is 2.89. The summed E-state index contributed by atoms with van der Waals surface area (Å²) >= 11 is 0. The summed E-state index contributed by atoms with van der Waals surface area (Å²) in [6.07, 6.45) is 3.67. The van der Waals surface area contributed by atoms with Crippen LogP contribution in [0.15, 0.2) is 6.07 Å². The van der Waals surface area contributed by atoms with E-state index in [4.69, 9.17) is 0 Å². The Hall–Kier alpha value is -1.30. The Bertz CT molecular complexity index is 494. The fraction of sp³-hybridized carbons (Fsp3) is 0.571. The minimum absolute atomic E-state index is 0.153. The van der Waals surface area contributed by atoms with Crippen LogP contribution in [0.3, 0.4) is 0 Å². The highest BCUT2D eigenvalue weighted by atomic mass is 19.2. The maximum absolute atomic E-state index is 13.6. The fourth-order valence-corrected chi connectivity index (χ4v) is 3.26. The van der Waals surface area contributed by atoms with Gasteiger partial charge in [-0.2, -0.15) is 0 Å². The van der Waals surface area contributed by atoms with Crippen LogP contribution < -0.4 is 5.32 Å². The monoisotopic (exact) mass is 288 g/mol. The molecule has 2 nitrogen and oxygen atoms in total. The summed E-state index contributed by atoms with van der Waals surface area (Å²) in [4.78, 5) is 2.36. The third-order valence-corrected chi connectivity index (χ3v) is 4.28. The lowest BCUT2D eigenvalue weighted by Crippen LogP contribution is -2.43. The number of nitrogens with zero attached hydrogens (tertiary/aromatic N) is 1. The molecule has 0 radical (unpaired) electrons. The molecule has 6 heteroatoms. The van der Waals surface area contributed by atoms with Crippen molar-refractivity contribution in [2.45, 2.75) is 37.8 Å². The van der Waals surface area contributed by atoms with E-state index in [0.29, 0.717) is 12.5 Å². The number of benzene rings is 1. The topological polar surface area (TPSA) is 15.3 Å². The summed E-state index contributed by atoms with van der Waals surface area (Å²) in [6.45, 7) is 1.91. The van der Waals surface area contributed by atoms with Gasteiger partial charge < -0.3 is 10.2 Å². The molecule has 2 atom stereocenters. The van der Waals surface area contributed by atoms with E-state index >= 15 is 0 Å². The molecule has 1 aromatic carbocycles. The van der Waals surface area contributed by atoms with Gasteiger partial charge in [-0.15, -0.1) is 0 Å². The molecule has 2 aliphatic rings. The average molecular weight is 288 g/mol. The molecule has 0 aliphatic carbocycles. The third-order valence-electron chi connectivity index (χ3n) is 4.28. The van der Waals surface area contributed by atoms with E-state index in [1.165, 1.54) is 0 Å². The van der Waals surface area contributed by atoms with Gasteiger partial charge in [-0.05, 0) is 32.2 Å². The predicted molar refractivity (Wildman–Crippen MR) is 67.5 cm³/mol. The van der Waals surface area contributed by atoms with E-state index in [-0.39, 0.29) is 12.1 Å². The lowest BCUT2D eigenvalue weighted by molar-refractivity contribution is 0.187. The zero-order valence-electron chi connectivity index (χ0n) is 10.9. The van der Waals surface area contributed by atoms with Crippen molar-refractivity contribution in [3.05, 3.63) is 29.3 Å². The number of hydrogen-bond donors (Lipinski definition) is 1. The highest BCUT2D eigenvalue weighted by Gasteiger charge is 2.32. The Balaban J connectivity index is 1.78. The molecule has 2 fully saturated rings. The molecule has 20 heavy (non-hydrogen) atoms. The smallest absolute Gasteiger partial charge is 0.185 e. The van der Waals surface area contributed by atoms with Crippen molar-refractivity contribution in [1.82, 2.24) is 4.90 Å². The zero-order valence-corrected chi connectivity index (χ0v) is 10.9. The highest BCUT2D eigenvalue weighted by molar-refractivity contribution is 5.48. The first-order valence-electron chi connectivity index (χ1n) is 6.90. The van der Waals surface area contributed by atoms with Gasteiger partial charge in [0.2, 0.25) is 0 Å². The molecule has 1 N–H and O–H groups in total. The van der Waals surface area contributed by atoms with Crippen LogP contribution >= 0.6 is 0 Å². The number of halogens is 4. The maximum Gasteiger partial charge on any atom is 0.185 e. The first-order chi connectivity index (χ1) is 9.56. The maximum atomic E-state index is 13.6. The molecule has 0 saturated carbocycles. The Morgan fingerprint density at radius 2 is 1.70 bits per heavy atom. The van der Waals surface area contributed by atoms with Gasteiger partial charge in [0.1, 0.15) is 5.69 Å². The van der Waals surface area contributed by atoms with Crippen molar-refractivity contribution in [3.63, 3.8) is 0 Å². The summed E-state index contributed by atoms with van der Waals surface area (Å²) in [6, 6.07) is 0.487. The summed E-state index contributed by atoms with van der Waals surface area (Å²) in [5, 5.41) is 2.66. The van der Waals surface area contributed by atoms with Gasteiger partial charge >= 0.3 is 0 Å². The van der Waals surface area contributed by atoms with Gasteiger partial charge in [0.15, 0.2) is 23.3 Å². The second kappa shape index (κ2) is 5.24. The molecule has 3 rings (SSSR count). The van der Waals surface area contributed by atoms with Gasteiger partial charge in [0.05, 0.1) is 0 Å². The minimum Gasteiger partial charge on any atom is -0.377 e. The van der Waals surface area contributed by atoms with Gasteiger partial charge in [0.25, 0.3) is 0 Å². The van der Waals surface area contributed by atoms with Crippen LogP contribution in [0.25, 0.3) is 0 Å². The van der Waals surface area contributed by atoms with Crippen LogP contribution in [0.1, 0.15) is 25.7 Å². The molecule has 0 bridgehead atoms. The number of hydrogen-bond acceptors (Lipinski definition) is 2. The van der Waals surface area contributed by atoms with Crippen LogP contribution in [-0.2, 0) is 0 Å². The summed E-state index contributed by atoms with van der Waals surface area (Å²) in [7, 11) is 0. The van der Waals surface area contributed by atoms with Crippen molar-refractivity contribution in [2.75, 3.05) is 18.4 Å². The van der Waals surface area contributed by atoms with Crippen LogP contribution in [0.4, 0.5) is 23.2 Å². The van der Waals surface area contributed by atoms with Crippen molar-refractivity contribution in [2.24, 2.45) is 0 Å². The summed E-state index contributed by atoms with van der Waals surface area (Å²) in [5.41, 5.74) is -0.682. The van der Waals surface area contributed by atoms with E-state index < -0.39 is 29.0 Å². The number of anilines is 1. The van der Waals surface area contributed by atoms with Crippen LogP contribution in [0.5, 0.6) is 0 Å². The first kappa shape index (κ1) is 13.7. The van der Waals surface area contributed by atoms with E-state index in [9.17, 15) is 17.6 Å². The molecule has 1 aromatic rings. The number of piperidine rings is 1. The van der Waals surface area contributed by atoms with Gasteiger partial charge in [-0.3, -0.25) is 0 Å². The quantitative estimate of drug-likeness (QED) is 0.663. The predicted octanol–water partition coefficient (Wildman–Crippen LogP) is 3.28. The molecule has 0 spiro atoms. The van der Waals surface area contributed by atoms with Crippen LogP contribution in [0, 0.1) is 23.3 Å². The summed E-state index contributed by atoms with van der Waals surface area (Å²) in [5.74, 6) is -5.44. The molecule has 0 amide bonds. The van der Waals surface area contributed by atoms with E-state index in [0.717, 1.165) is 32.4 Å². The highest BCUT2D eigenvalue weighted by Crippen LogP contribution is 2.31. The Kier molecular flexibility index (Phi) is 3.58. The second-order valence-corrected chi connectivity index (χ2v) is 5.54. The third kappa shape index (κ3) is 2.37. The zero-order chi connectivity index (χ0) is 14.3. The van der Waals surface area contributed by atoms with Crippen LogP contribution in [-0.4, -0.2) is 30.1 Å². The van der Waals surface area contributed by atoms with Crippen molar-refractivity contribution < 1.29 is 17.6 Å². The lowest BCUT2D eigenvalue weighted by atomic mass is 9.97. The SMILES string of the molecule is Fc1cc(F)c(F)c(NC2CCN3CCCC3C2)c1F. The molecule has 2 saturated heterocycles. The molecule has 0 aromatic heterocycles. The van der Waals surface area contributed by atoms with Gasteiger partial charge in [0, 0.05) is 24.7 Å². The Morgan fingerprint density at radius 1 is 1.00 bits per heavy atom. The van der Waals surface area contributed by atoms with E-state index in [2.05, 4.69) is 10.2 Å². The van der Waals surface area contributed by atoms with Gasteiger partial charge in [-0.1, -0.05) is 0 Å². The minimum atomic E-state index is -1.37. The van der Waals surface area contributed by atoms with Crippen molar-refractivity contribution in [3.8, 4) is 0 Å². The van der Waals surface area contributed by atoms with E-state index in [1.54, 1.807) is 0 Å². The van der Waals surface area contributed by atoms with Gasteiger partial charge in [-0.25, -0.2) is 17.6 Å². The fourth-order valence-electron chi connectivity index (χ4n) is 3.26. The number of fused-ring (bicyclic) bond motifs is 1. The molecular weight excluding hydrogens is 272 g/mol. The largest absolute Gasteiger partial charge is 0.377 e. The van der Waals surface area contributed by atoms with Crippen molar-refractivity contribution in [1.29, 1.82) is 0 Å². The standard InChI is InChI=1S/C14H16F4N2/c15-10-7-11(16)13(18)14(12(10)17)19-8-3-5-20-4-1-2-9(20)6-8/h7-9,19H,1-6H2. The second-order valence-electron chi connectivity index (χ2n) is 5.54. The normalized spacial score (nSPS) is 26.6. The molecule has 110 valence electrons. The van der Waals surface area contributed by atoms with Crippen molar-refractivity contribution >= 4 is 5.69 Å². The lowest BCUT2D eigenvalue weighted by Gasteiger charge is -2.35. The molecule has 2 unspecified atom stereocenters.